The predicted molar refractivity (Wildman–Crippen MR) is 46.8 cm³/mol. The topological polar surface area (TPSA) is 93.5 Å². The largest absolute Gasteiger partial charge is 0.375 e. The summed E-state index contributed by atoms with van der Waals surface area (Å²) in [4.78, 5) is 10.3. The van der Waals surface area contributed by atoms with E-state index in [-0.39, 0.29) is 11.5 Å². The molecule has 1 amide bonds. The second-order valence-corrected chi connectivity index (χ2v) is 2.41. The molecule has 0 bridgehead atoms. The summed E-state index contributed by atoms with van der Waals surface area (Å²) in [5.74, 6) is -0.434. The van der Waals surface area contributed by atoms with Crippen LogP contribution in [0.15, 0.2) is 5.10 Å². The number of hydrogen-bond donors (Lipinski definition) is 3. The van der Waals surface area contributed by atoms with Crippen molar-refractivity contribution in [3.05, 3.63) is 0 Å². The van der Waals surface area contributed by atoms with E-state index in [1.54, 1.807) is 6.92 Å². The molecule has 0 aliphatic heterocycles. The predicted octanol–water partition coefficient (Wildman–Crippen LogP) is -0.929. The third kappa shape index (κ3) is 6.72. The van der Waals surface area contributed by atoms with Gasteiger partial charge in [-0.25, -0.2) is 0 Å². The number of hydrogen-bond acceptors (Lipinski definition) is 3. The highest BCUT2D eigenvalue weighted by atomic mass is 32.1. The molecule has 0 aliphatic rings. The molecule has 0 atom stereocenters. The summed E-state index contributed by atoms with van der Waals surface area (Å²) < 4.78 is 0. The molecular formula is C5H10N4OS. The van der Waals surface area contributed by atoms with Crippen molar-refractivity contribution in [2.45, 2.75) is 13.3 Å². The zero-order valence-electron chi connectivity index (χ0n) is 6.13. The van der Waals surface area contributed by atoms with Gasteiger partial charge in [-0.3, -0.25) is 10.2 Å². The molecule has 0 saturated heterocycles. The lowest BCUT2D eigenvalue weighted by Gasteiger charge is -1.97. The van der Waals surface area contributed by atoms with Crippen LogP contribution < -0.4 is 16.9 Å². The Labute approximate surface area is 69.8 Å². The Bertz CT molecular complexity index is 201. The van der Waals surface area contributed by atoms with Crippen LogP contribution in [0.5, 0.6) is 0 Å². The molecule has 0 unspecified atom stereocenters. The highest BCUT2D eigenvalue weighted by Crippen LogP contribution is 1.81. The van der Waals surface area contributed by atoms with E-state index < -0.39 is 5.91 Å². The number of nitrogens with zero attached hydrogens (tertiary/aromatic N) is 1. The minimum atomic E-state index is -0.434. The molecule has 0 aromatic carbocycles. The average Bonchev–Trinajstić information content (AvgIpc) is 1.82. The molecular weight excluding hydrogens is 164 g/mol. The summed E-state index contributed by atoms with van der Waals surface area (Å²) >= 11 is 4.47. The number of thiocarbonyl (C=S) groups is 1. The summed E-state index contributed by atoms with van der Waals surface area (Å²) in [6.45, 7) is 1.65. The van der Waals surface area contributed by atoms with E-state index in [2.05, 4.69) is 22.7 Å². The Morgan fingerprint density at radius 2 is 2.18 bits per heavy atom. The van der Waals surface area contributed by atoms with E-state index >= 15 is 0 Å². The van der Waals surface area contributed by atoms with E-state index in [1.165, 1.54) is 0 Å². The molecule has 0 rings (SSSR count). The third-order valence-corrected chi connectivity index (χ3v) is 0.878. The van der Waals surface area contributed by atoms with Gasteiger partial charge in [0.25, 0.3) is 0 Å². The zero-order valence-corrected chi connectivity index (χ0v) is 6.94. The quantitative estimate of drug-likeness (QED) is 0.293. The molecule has 0 spiro atoms. The van der Waals surface area contributed by atoms with Gasteiger partial charge in [-0.05, 0) is 19.1 Å². The maximum Gasteiger partial charge on any atom is 0.223 e. The van der Waals surface area contributed by atoms with E-state index in [0.717, 1.165) is 0 Å². The van der Waals surface area contributed by atoms with Crippen molar-refractivity contribution < 1.29 is 4.79 Å². The van der Waals surface area contributed by atoms with Crippen molar-refractivity contribution in [2.24, 2.45) is 16.6 Å². The van der Waals surface area contributed by atoms with Crippen LogP contribution >= 0.6 is 12.2 Å². The Kier molecular flexibility index (Phi) is 4.12. The minimum absolute atomic E-state index is 0.0637. The SMILES string of the molecule is CC(CC(N)=O)=NNC(N)=S. The fraction of sp³-hybridized carbons (Fsp3) is 0.400. The van der Waals surface area contributed by atoms with E-state index in [4.69, 9.17) is 11.5 Å². The van der Waals surface area contributed by atoms with Crippen LogP contribution in [-0.4, -0.2) is 16.7 Å². The molecule has 0 aliphatic carbocycles. The van der Waals surface area contributed by atoms with Crippen LogP contribution in [0.2, 0.25) is 0 Å². The standard InChI is InChI=1S/C5H10N4OS/c1-3(2-4(6)10)8-9-5(7)11/h2H2,1H3,(H2,6,10)(H3,7,9,11). The Morgan fingerprint density at radius 3 is 2.55 bits per heavy atom. The molecule has 0 saturated carbocycles. The average molecular weight is 174 g/mol. The van der Waals surface area contributed by atoms with Gasteiger partial charge in [-0.1, -0.05) is 0 Å². The van der Waals surface area contributed by atoms with Crippen LogP contribution in [0.25, 0.3) is 0 Å². The lowest BCUT2D eigenvalue weighted by Crippen LogP contribution is -2.26. The number of nitrogens with one attached hydrogen (secondary N) is 1. The number of amides is 1. The van der Waals surface area contributed by atoms with Crippen molar-refractivity contribution in [3.63, 3.8) is 0 Å². The van der Waals surface area contributed by atoms with E-state index in [1.807, 2.05) is 0 Å². The molecule has 62 valence electrons. The fourth-order valence-corrected chi connectivity index (χ4v) is 0.488. The molecule has 0 radical (unpaired) electrons. The van der Waals surface area contributed by atoms with Gasteiger partial charge in [0.2, 0.25) is 5.91 Å². The first kappa shape index (κ1) is 9.83. The van der Waals surface area contributed by atoms with Crippen molar-refractivity contribution >= 4 is 28.9 Å². The lowest BCUT2D eigenvalue weighted by molar-refractivity contribution is -0.116. The maximum absolute atomic E-state index is 10.3. The molecule has 0 fully saturated rings. The summed E-state index contributed by atoms with van der Waals surface area (Å²) in [5, 5.41) is 3.73. The molecule has 5 nitrogen and oxygen atoms in total. The first-order chi connectivity index (χ1) is 5.02. The number of hydrazone groups is 1. The number of primary amides is 1. The lowest BCUT2D eigenvalue weighted by atomic mass is 10.3. The normalized spacial score (nSPS) is 10.8. The van der Waals surface area contributed by atoms with Gasteiger partial charge >= 0.3 is 0 Å². The fourth-order valence-electron chi connectivity index (χ4n) is 0.442. The van der Waals surface area contributed by atoms with Crippen LogP contribution in [0.3, 0.4) is 0 Å². The van der Waals surface area contributed by atoms with E-state index in [9.17, 15) is 4.79 Å². The Morgan fingerprint density at radius 1 is 1.64 bits per heavy atom. The van der Waals surface area contributed by atoms with Crippen molar-refractivity contribution in [1.82, 2.24) is 5.43 Å². The Hall–Kier alpha value is -1.17. The molecule has 0 heterocycles. The van der Waals surface area contributed by atoms with Gasteiger partial charge < -0.3 is 11.5 Å². The molecule has 6 heteroatoms. The molecule has 5 N–H and O–H groups in total. The summed E-state index contributed by atoms with van der Waals surface area (Å²) in [6.07, 6.45) is 0.107. The van der Waals surface area contributed by atoms with E-state index in [0.29, 0.717) is 5.71 Å². The van der Waals surface area contributed by atoms with Gasteiger partial charge in [0, 0.05) is 5.71 Å². The first-order valence-corrected chi connectivity index (χ1v) is 3.30. The number of rotatable bonds is 3. The van der Waals surface area contributed by atoms with Crippen LogP contribution in [0, 0.1) is 0 Å². The van der Waals surface area contributed by atoms with Crippen molar-refractivity contribution in [3.8, 4) is 0 Å². The molecule has 0 aromatic rings. The van der Waals surface area contributed by atoms with Crippen LogP contribution in [0.1, 0.15) is 13.3 Å². The van der Waals surface area contributed by atoms with Gasteiger partial charge in [-0.15, -0.1) is 0 Å². The third-order valence-electron chi connectivity index (χ3n) is 0.787. The van der Waals surface area contributed by atoms with Gasteiger partial charge in [0.15, 0.2) is 5.11 Å². The second-order valence-electron chi connectivity index (χ2n) is 1.97. The monoisotopic (exact) mass is 174 g/mol. The molecule has 11 heavy (non-hydrogen) atoms. The van der Waals surface area contributed by atoms with Crippen molar-refractivity contribution in [1.29, 1.82) is 0 Å². The van der Waals surface area contributed by atoms with Gasteiger partial charge in [0.05, 0.1) is 6.42 Å². The smallest absolute Gasteiger partial charge is 0.223 e. The number of nitrogens with two attached hydrogens (primary N) is 2. The van der Waals surface area contributed by atoms with Crippen LogP contribution in [-0.2, 0) is 4.79 Å². The van der Waals surface area contributed by atoms with Crippen molar-refractivity contribution in [2.75, 3.05) is 0 Å². The summed E-state index contributed by atoms with van der Waals surface area (Å²) in [7, 11) is 0. The highest BCUT2D eigenvalue weighted by Gasteiger charge is 1.96. The first-order valence-electron chi connectivity index (χ1n) is 2.89. The van der Waals surface area contributed by atoms with Crippen LogP contribution in [0.4, 0.5) is 0 Å². The second kappa shape index (κ2) is 4.62. The summed E-state index contributed by atoms with van der Waals surface area (Å²) in [6, 6.07) is 0. The Balaban J connectivity index is 3.81. The van der Waals surface area contributed by atoms with Gasteiger partial charge in [-0.2, -0.15) is 5.10 Å². The minimum Gasteiger partial charge on any atom is -0.375 e. The number of carbonyl (C=O) groups excluding carboxylic acids is 1. The zero-order chi connectivity index (χ0) is 8.85. The summed E-state index contributed by atoms with van der Waals surface area (Å²) in [5.41, 5.74) is 12.8. The maximum atomic E-state index is 10.3. The molecule has 0 aromatic heterocycles. The highest BCUT2D eigenvalue weighted by molar-refractivity contribution is 7.80. The van der Waals surface area contributed by atoms with Gasteiger partial charge in [0.1, 0.15) is 0 Å². The number of carbonyl (C=O) groups is 1.